The number of rotatable bonds is 10. The maximum atomic E-state index is 6.46. The van der Waals surface area contributed by atoms with E-state index in [0.717, 1.165) is 61.0 Å². The van der Waals surface area contributed by atoms with E-state index in [1.54, 1.807) is 0 Å². The van der Waals surface area contributed by atoms with E-state index in [1.165, 1.54) is 31.1 Å². The Labute approximate surface area is 324 Å². The highest BCUT2D eigenvalue weighted by Gasteiger charge is 2.16. The largest absolute Gasteiger partial charge is 0.455 e. The third kappa shape index (κ3) is 6.41. The Morgan fingerprint density at radius 3 is 2.29 bits per heavy atom. The number of benzene rings is 7. The lowest BCUT2D eigenvalue weighted by atomic mass is 10.0. The summed E-state index contributed by atoms with van der Waals surface area (Å²) in [5.74, 6) is 0. The highest BCUT2D eigenvalue weighted by molar-refractivity contribution is 7.26. The molecule has 9 rings (SSSR count). The molecule has 0 atom stereocenters. The molecule has 0 spiro atoms. The van der Waals surface area contributed by atoms with Crippen LogP contribution in [0.4, 0.5) is 5.69 Å². The molecule has 0 fully saturated rings. The van der Waals surface area contributed by atoms with E-state index in [2.05, 4.69) is 200 Å². The van der Waals surface area contributed by atoms with Crippen molar-refractivity contribution in [3.05, 3.63) is 224 Å². The van der Waals surface area contributed by atoms with E-state index < -0.39 is 0 Å². The molecule has 2 heterocycles. The lowest BCUT2D eigenvalue weighted by Crippen LogP contribution is -2.15. The van der Waals surface area contributed by atoms with Crippen LogP contribution in [0.2, 0.25) is 0 Å². The van der Waals surface area contributed by atoms with E-state index in [1.807, 2.05) is 29.6 Å². The minimum Gasteiger partial charge on any atom is -0.455 e. The van der Waals surface area contributed by atoms with E-state index in [-0.39, 0.29) is 0 Å². The molecule has 262 valence electrons. The average Bonchev–Trinajstić information content (AvgIpc) is 3.82. The number of allylic oxidation sites excluding steroid dienone is 7. The molecule has 0 saturated carbocycles. The molecule has 0 aliphatic carbocycles. The van der Waals surface area contributed by atoms with Gasteiger partial charge in [0.15, 0.2) is 0 Å². The van der Waals surface area contributed by atoms with Gasteiger partial charge in [0.2, 0.25) is 0 Å². The number of para-hydroxylation sites is 1. The minimum absolute atomic E-state index is 0.869. The molecule has 0 amide bonds. The summed E-state index contributed by atoms with van der Waals surface area (Å²) in [6, 6.07) is 53.4. The van der Waals surface area contributed by atoms with E-state index >= 15 is 0 Å². The molecule has 0 aliphatic rings. The lowest BCUT2D eigenvalue weighted by molar-refractivity contribution is 0.672. The number of fused-ring (bicyclic) bond motifs is 8. The Morgan fingerprint density at radius 1 is 0.636 bits per heavy atom. The van der Waals surface area contributed by atoms with Crippen molar-refractivity contribution in [2.75, 3.05) is 4.90 Å². The van der Waals surface area contributed by atoms with Gasteiger partial charge < -0.3 is 9.32 Å². The molecule has 3 heteroatoms. The first-order valence-corrected chi connectivity index (χ1v) is 19.2. The molecule has 7 aromatic carbocycles. The van der Waals surface area contributed by atoms with Crippen LogP contribution < -0.4 is 4.90 Å². The first kappa shape index (κ1) is 33.9. The molecule has 0 saturated heterocycles. The van der Waals surface area contributed by atoms with E-state index in [0.29, 0.717) is 0 Å². The Hall–Kier alpha value is -6.94. The third-order valence-electron chi connectivity index (χ3n) is 10.1. The normalized spacial score (nSPS) is 12.6. The molecule has 0 aliphatic heterocycles. The number of nitrogens with zero attached hydrogens (tertiary/aromatic N) is 1. The second kappa shape index (κ2) is 14.8. The summed E-state index contributed by atoms with van der Waals surface area (Å²) in [5.41, 5.74) is 9.35. The monoisotopic (exact) mass is 723 g/mol. The van der Waals surface area contributed by atoms with Crippen LogP contribution in [-0.4, -0.2) is 0 Å². The molecule has 2 aromatic heterocycles. The molecule has 9 aromatic rings. The molecular formula is C52H37NOS. The smallest absolute Gasteiger partial charge is 0.143 e. The average molecular weight is 724 g/mol. The molecule has 55 heavy (non-hydrogen) atoms. The van der Waals surface area contributed by atoms with Crippen LogP contribution in [0, 0.1) is 0 Å². The SMILES string of the molecule is C=C/C=C\C(=C\c1ccc2oc3c4ccccc4ccc3c2c1)N(/C=C/C=C(\C=C)c1cccc2c1sc1ccccc12)c1ccccc1-c1ccccc1. The minimum atomic E-state index is 0.869. The summed E-state index contributed by atoms with van der Waals surface area (Å²) in [7, 11) is 0. The summed E-state index contributed by atoms with van der Waals surface area (Å²) >= 11 is 1.83. The Kier molecular flexibility index (Phi) is 9.13. The Balaban J connectivity index is 1.19. The highest BCUT2D eigenvalue weighted by atomic mass is 32.1. The standard InChI is InChI=1S/C52H37NOS/c1-3-5-21-40(34-36-29-32-49-47(35-36)45-31-30-39-19-9-10-23-42(39)51(45)54-49)53(48-27-13-11-22-41(48)38-17-7-6-8-18-38)33-16-20-37(4-2)43-25-15-26-46-44-24-12-14-28-50(44)55-52(43)46/h3-35H,1-2H2/b21-5-,33-16+,37-20+,40-34-. The van der Waals surface area contributed by atoms with Gasteiger partial charge in [0.25, 0.3) is 0 Å². The fourth-order valence-corrected chi connectivity index (χ4v) is 8.71. The van der Waals surface area contributed by atoms with Crippen molar-refractivity contribution in [2.24, 2.45) is 0 Å². The molecule has 0 N–H and O–H groups in total. The maximum absolute atomic E-state index is 6.46. The van der Waals surface area contributed by atoms with Crippen molar-refractivity contribution in [2.45, 2.75) is 0 Å². The first-order chi connectivity index (χ1) is 27.2. The van der Waals surface area contributed by atoms with Gasteiger partial charge in [-0.25, -0.2) is 0 Å². The fraction of sp³-hybridized carbons (Fsp3) is 0. The van der Waals surface area contributed by atoms with Gasteiger partial charge in [-0.1, -0.05) is 159 Å². The van der Waals surface area contributed by atoms with Crippen molar-refractivity contribution in [3.63, 3.8) is 0 Å². The van der Waals surface area contributed by atoms with Crippen molar-refractivity contribution in [1.29, 1.82) is 0 Å². The van der Waals surface area contributed by atoms with Crippen LogP contribution in [0.3, 0.4) is 0 Å². The summed E-state index contributed by atoms with van der Waals surface area (Å²) in [6.45, 7) is 8.26. The van der Waals surface area contributed by atoms with Gasteiger partial charge in [-0.15, -0.1) is 11.3 Å². The lowest BCUT2D eigenvalue weighted by Gasteiger charge is -2.25. The molecular weight excluding hydrogens is 687 g/mol. The van der Waals surface area contributed by atoms with Crippen LogP contribution in [-0.2, 0) is 0 Å². The maximum Gasteiger partial charge on any atom is 0.143 e. The number of thiophene rings is 1. The van der Waals surface area contributed by atoms with Gasteiger partial charge in [-0.3, -0.25) is 0 Å². The zero-order chi connectivity index (χ0) is 37.1. The van der Waals surface area contributed by atoms with E-state index in [4.69, 9.17) is 4.42 Å². The van der Waals surface area contributed by atoms with Crippen molar-refractivity contribution in [1.82, 2.24) is 0 Å². The summed E-state index contributed by atoms with van der Waals surface area (Å²) < 4.78 is 9.00. The topological polar surface area (TPSA) is 16.4 Å². The highest BCUT2D eigenvalue weighted by Crippen LogP contribution is 2.39. The van der Waals surface area contributed by atoms with Gasteiger partial charge in [-0.2, -0.15) is 0 Å². The Morgan fingerprint density at radius 2 is 1.42 bits per heavy atom. The predicted molar refractivity (Wildman–Crippen MR) is 240 cm³/mol. The van der Waals surface area contributed by atoms with Crippen molar-refractivity contribution in [3.8, 4) is 11.1 Å². The van der Waals surface area contributed by atoms with E-state index in [9.17, 15) is 0 Å². The van der Waals surface area contributed by atoms with Crippen LogP contribution in [0.5, 0.6) is 0 Å². The van der Waals surface area contributed by atoms with Crippen molar-refractivity contribution >= 4 is 81.6 Å². The van der Waals surface area contributed by atoms with Gasteiger partial charge in [0.1, 0.15) is 11.2 Å². The van der Waals surface area contributed by atoms with Crippen molar-refractivity contribution < 1.29 is 4.42 Å². The van der Waals surface area contributed by atoms with Gasteiger partial charge in [0, 0.05) is 53.8 Å². The number of hydrogen-bond acceptors (Lipinski definition) is 3. The number of anilines is 1. The molecule has 0 radical (unpaired) electrons. The zero-order valence-electron chi connectivity index (χ0n) is 30.2. The summed E-state index contributed by atoms with van der Waals surface area (Å²) in [6.07, 6.45) is 16.5. The predicted octanol–water partition coefficient (Wildman–Crippen LogP) is 15.1. The quantitative estimate of drug-likeness (QED) is 0.131. The summed E-state index contributed by atoms with van der Waals surface area (Å²) in [5, 5.41) is 7.03. The Bertz CT molecular complexity index is 3020. The van der Waals surface area contributed by atoms with Gasteiger partial charge in [0.05, 0.1) is 5.69 Å². The van der Waals surface area contributed by atoms with Crippen LogP contribution in [0.25, 0.3) is 75.7 Å². The zero-order valence-corrected chi connectivity index (χ0v) is 31.0. The van der Waals surface area contributed by atoms with Gasteiger partial charge in [-0.05, 0) is 76.2 Å². The second-order valence-electron chi connectivity index (χ2n) is 13.4. The molecule has 2 nitrogen and oxygen atoms in total. The number of furan rings is 1. The van der Waals surface area contributed by atoms with Gasteiger partial charge >= 0.3 is 0 Å². The van der Waals surface area contributed by atoms with Crippen LogP contribution in [0.15, 0.2) is 218 Å². The third-order valence-corrected chi connectivity index (χ3v) is 11.3. The van der Waals surface area contributed by atoms with Crippen LogP contribution in [0.1, 0.15) is 11.1 Å². The first-order valence-electron chi connectivity index (χ1n) is 18.4. The fourth-order valence-electron chi connectivity index (χ4n) is 7.47. The second-order valence-corrected chi connectivity index (χ2v) is 14.4. The molecule has 0 bridgehead atoms. The summed E-state index contributed by atoms with van der Waals surface area (Å²) in [4.78, 5) is 2.25. The van der Waals surface area contributed by atoms with Crippen LogP contribution >= 0.6 is 11.3 Å². The molecule has 0 unspecified atom stereocenters. The number of hydrogen-bond donors (Lipinski definition) is 0.